The van der Waals surface area contributed by atoms with E-state index in [1.54, 1.807) is 6.07 Å². The highest BCUT2D eigenvalue weighted by atomic mass is 35.5. The highest BCUT2D eigenvalue weighted by molar-refractivity contribution is 5.94. The molecular weight excluding hydrogens is 312 g/mol. The molecule has 0 radical (unpaired) electrons. The standard InChI is InChI=1S/C18H22N2O2.ClH/c1-13-7-6-10-20(13)14(2)11-17(21)18-12-16(19-22-18)15-8-4-3-5-9-15;/h3-5,8-9,12-14H,6-7,10-11H2,1-2H3;1H. The van der Waals surface area contributed by atoms with E-state index in [4.69, 9.17) is 4.52 Å². The third-order valence-corrected chi connectivity index (χ3v) is 4.51. The first-order chi connectivity index (χ1) is 10.6. The molecule has 0 bridgehead atoms. The summed E-state index contributed by atoms with van der Waals surface area (Å²) in [6.45, 7) is 5.44. The van der Waals surface area contributed by atoms with Gasteiger partial charge >= 0.3 is 0 Å². The van der Waals surface area contributed by atoms with E-state index in [1.165, 1.54) is 12.8 Å². The van der Waals surface area contributed by atoms with Gasteiger partial charge in [0.15, 0.2) is 0 Å². The Labute approximate surface area is 143 Å². The maximum Gasteiger partial charge on any atom is 0.203 e. The molecule has 2 aromatic rings. The van der Waals surface area contributed by atoms with Crippen LogP contribution in [0.2, 0.25) is 0 Å². The number of rotatable bonds is 5. The molecule has 5 heteroatoms. The predicted octanol–water partition coefficient (Wildman–Crippen LogP) is 4.21. The van der Waals surface area contributed by atoms with Crippen molar-refractivity contribution in [2.75, 3.05) is 6.54 Å². The zero-order chi connectivity index (χ0) is 15.5. The fourth-order valence-electron chi connectivity index (χ4n) is 3.25. The number of carbonyl (C=O) groups excluding carboxylic acids is 1. The Hall–Kier alpha value is -1.65. The summed E-state index contributed by atoms with van der Waals surface area (Å²) in [7, 11) is 0. The summed E-state index contributed by atoms with van der Waals surface area (Å²) in [5.41, 5.74) is 1.68. The number of hydrogen-bond acceptors (Lipinski definition) is 4. The molecule has 0 saturated carbocycles. The van der Waals surface area contributed by atoms with Crippen molar-refractivity contribution in [2.45, 2.75) is 45.2 Å². The number of nitrogens with zero attached hydrogens (tertiary/aromatic N) is 2. The van der Waals surface area contributed by atoms with Crippen molar-refractivity contribution in [1.29, 1.82) is 0 Å². The van der Waals surface area contributed by atoms with Gasteiger partial charge in [-0.15, -0.1) is 12.4 Å². The van der Waals surface area contributed by atoms with Gasteiger partial charge in [-0.3, -0.25) is 9.69 Å². The smallest absolute Gasteiger partial charge is 0.203 e. The fourth-order valence-corrected chi connectivity index (χ4v) is 3.25. The van der Waals surface area contributed by atoms with Gasteiger partial charge in [0.25, 0.3) is 0 Å². The number of carbonyl (C=O) groups is 1. The normalized spacial score (nSPS) is 19.3. The topological polar surface area (TPSA) is 46.3 Å². The van der Waals surface area contributed by atoms with Crippen LogP contribution in [0.1, 0.15) is 43.7 Å². The molecule has 1 aliphatic heterocycles. The van der Waals surface area contributed by atoms with Crippen molar-refractivity contribution in [2.24, 2.45) is 0 Å². The van der Waals surface area contributed by atoms with Gasteiger partial charge in [0.05, 0.1) is 0 Å². The maximum atomic E-state index is 12.4. The molecular formula is C18H23ClN2O2. The zero-order valence-electron chi connectivity index (χ0n) is 13.6. The minimum Gasteiger partial charge on any atom is -0.352 e. The number of likely N-dealkylation sites (tertiary alicyclic amines) is 1. The Balaban J connectivity index is 0.00000192. The predicted molar refractivity (Wildman–Crippen MR) is 93.0 cm³/mol. The van der Waals surface area contributed by atoms with Gasteiger partial charge in [-0.1, -0.05) is 35.5 Å². The molecule has 23 heavy (non-hydrogen) atoms. The van der Waals surface area contributed by atoms with E-state index < -0.39 is 0 Å². The second-order valence-corrected chi connectivity index (χ2v) is 6.15. The molecule has 2 atom stereocenters. The molecule has 1 fully saturated rings. The summed E-state index contributed by atoms with van der Waals surface area (Å²) < 4.78 is 5.25. The number of hydrogen-bond donors (Lipinski definition) is 0. The van der Waals surface area contributed by atoms with Crippen LogP contribution in [0, 0.1) is 0 Å². The quantitative estimate of drug-likeness (QED) is 0.768. The molecule has 2 heterocycles. The van der Waals surface area contributed by atoms with Gasteiger partial charge in [-0.2, -0.15) is 0 Å². The molecule has 1 aliphatic rings. The molecule has 124 valence electrons. The summed E-state index contributed by atoms with van der Waals surface area (Å²) >= 11 is 0. The lowest BCUT2D eigenvalue weighted by Crippen LogP contribution is -2.36. The first-order valence-electron chi connectivity index (χ1n) is 7.96. The van der Waals surface area contributed by atoms with Gasteiger partial charge in [0.2, 0.25) is 11.5 Å². The Morgan fingerprint density at radius 1 is 1.39 bits per heavy atom. The van der Waals surface area contributed by atoms with E-state index in [0.717, 1.165) is 12.1 Å². The van der Waals surface area contributed by atoms with Gasteiger partial charge in [-0.05, 0) is 33.2 Å². The van der Waals surface area contributed by atoms with Crippen LogP contribution in [-0.2, 0) is 0 Å². The van der Waals surface area contributed by atoms with Gasteiger partial charge in [-0.25, -0.2) is 0 Å². The lowest BCUT2D eigenvalue weighted by molar-refractivity contribution is 0.0888. The monoisotopic (exact) mass is 334 g/mol. The van der Waals surface area contributed by atoms with E-state index in [9.17, 15) is 4.79 Å². The van der Waals surface area contributed by atoms with Crippen LogP contribution >= 0.6 is 12.4 Å². The summed E-state index contributed by atoms with van der Waals surface area (Å²) in [5.74, 6) is 0.388. The van der Waals surface area contributed by atoms with Crippen molar-refractivity contribution in [3.63, 3.8) is 0 Å². The third kappa shape index (κ3) is 4.01. The summed E-state index contributed by atoms with van der Waals surface area (Å²) in [6, 6.07) is 12.3. The van der Waals surface area contributed by atoms with Crippen LogP contribution in [-0.4, -0.2) is 34.5 Å². The molecule has 1 saturated heterocycles. The number of ketones is 1. The van der Waals surface area contributed by atoms with Crippen LogP contribution in [0.3, 0.4) is 0 Å². The SMILES string of the molecule is CC1CCCN1C(C)CC(=O)c1cc(-c2ccccc2)no1.Cl. The Morgan fingerprint density at radius 3 is 2.78 bits per heavy atom. The Bertz CT molecular complexity index is 641. The second kappa shape index (κ2) is 7.75. The first-order valence-corrected chi connectivity index (χ1v) is 7.96. The molecule has 1 aromatic carbocycles. The first kappa shape index (κ1) is 17.7. The van der Waals surface area contributed by atoms with E-state index in [2.05, 4.69) is 23.9 Å². The minimum atomic E-state index is 0. The summed E-state index contributed by atoms with van der Waals surface area (Å²) in [6.07, 6.45) is 2.92. The lowest BCUT2D eigenvalue weighted by Gasteiger charge is -2.27. The van der Waals surface area contributed by atoms with Crippen molar-refractivity contribution in [3.05, 3.63) is 42.2 Å². The van der Waals surface area contributed by atoms with Gasteiger partial charge in [0.1, 0.15) is 5.69 Å². The average Bonchev–Trinajstić information content (AvgIpc) is 3.17. The molecule has 0 amide bonds. The second-order valence-electron chi connectivity index (χ2n) is 6.15. The van der Waals surface area contributed by atoms with Crippen molar-refractivity contribution in [1.82, 2.24) is 10.1 Å². The van der Waals surface area contributed by atoms with E-state index >= 15 is 0 Å². The summed E-state index contributed by atoms with van der Waals surface area (Å²) in [5, 5.41) is 4.02. The van der Waals surface area contributed by atoms with Crippen LogP contribution in [0.5, 0.6) is 0 Å². The van der Waals surface area contributed by atoms with Crippen molar-refractivity contribution >= 4 is 18.2 Å². The lowest BCUT2D eigenvalue weighted by atomic mass is 10.1. The van der Waals surface area contributed by atoms with Gasteiger partial charge in [0, 0.05) is 30.1 Å². The molecule has 0 spiro atoms. The zero-order valence-corrected chi connectivity index (χ0v) is 14.4. The van der Waals surface area contributed by atoms with Crippen LogP contribution in [0.4, 0.5) is 0 Å². The number of halogens is 1. The average molecular weight is 335 g/mol. The highest BCUT2D eigenvalue weighted by Crippen LogP contribution is 2.23. The largest absolute Gasteiger partial charge is 0.352 e. The number of aromatic nitrogens is 1. The third-order valence-electron chi connectivity index (χ3n) is 4.51. The summed E-state index contributed by atoms with van der Waals surface area (Å²) in [4.78, 5) is 14.8. The maximum absolute atomic E-state index is 12.4. The van der Waals surface area contributed by atoms with Gasteiger partial charge < -0.3 is 4.52 Å². The molecule has 4 nitrogen and oxygen atoms in total. The molecule has 3 rings (SSSR count). The fraction of sp³-hybridized carbons (Fsp3) is 0.444. The number of benzene rings is 1. The minimum absolute atomic E-state index is 0. The molecule has 0 N–H and O–H groups in total. The Kier molecular flexibility index (Phi) is 5.97. The number of Topliss-reactive ketones (excluding diaryl/α,β-unsaturated/α-hetero) is 1. The van der Waals surface area contributed by atoms with Crippen molar-refractivity contribution in [3.8, 4) is 11.3 Å². The van der Waals surface area contributed by atoms with Crippen molar-refractivity contribution < 1.29 is 9.32 Å². The van der Waals surface area contributed by atoms with Crippen LogP contribution in [0.15, 0.2) is 40.9 Å². The highest BCUT2D eigenvalue weighted by Gasteiger charge is 2.27. The van der Waals surface area contributed by atoms with Crippen LogP contribution < -0.4 is 0 Å². The molecule has 2 unspecified atom stereocenters. The van der Waals surface area contributed by atoms with E-state index in [0.29, 0.717) is 23.9 Å². The van der Waals surface area contributed by atoms with E-state index in [-0.39, 0.29) is 24.2 Å². The molecule has 1 aromatic heterocycles. The van der Waals surface area contributed by atoms with E-state index in [1.807, 2.05) is 30.3 Å². The van der Waals surface area contributed by atoms with Crippen LogP contribution in [0.25, 0.3) is 11.3 Å². The molecule has 0 aliphatic carbocycles. The Morgan fingerprint density at radius 2 is 2.13 bits per heavy atom.